The van der Waals surface area contributed by atoms with Gasteiger partial charge in [0.25, 0.3) is 0 Å². The zero-order chi connectivity index (χ0) is 25.8. The van der Waals surface area contributed by atoms with Crippen LogP contribution in [0.15, 0.2) is 65.8 Å². The lowest BCUT2D eigenvalue weighted by Crippen LogP contribution is -2.24. The number of fused-ring (bicyclic) bond motifs is 2. The number of aryl methyl sites for hydroxylation is 1. The summed E-state index contributed by atoms with van der Waals surface area (Å²) < 4.78 is 12.5. The molecule has 0 spiro atoms. The molecule has 0 radical (unpaired) electrons. The van der Waals surface area contributed by atoms with Crippen molar-refractivity contribution in [3.05, 3.63) is 82.0 Å². The first kappa shape index (κ1) is 25.3. The van der Waals surface area contributed by atoms with Gasteiger partial charge in [-0.05, 0) is 36.1 Å². The number of hydrogen-bond donors (Lipinski definition) is 1. The summed E-state index contributed by atoms with van der Waals surface area (Å²) in [4.78, 5) is 17.9. The van der Waals surface area contributed by atoms with Crippen molar-refractivity contribution in [1.29, 1.82) is 0 Å². The minimum atomic E-state index is -0.425. The van der Waals surface area contributed by atoms with Crippen LogP contribution in [0.3, 0.4) is 0 Å². The normalized spacial score (nSPS) is 14.8. The number of carbonyl (C=O) groups is 1. The average molecular weight is 537 g/mol. The number of benzene rings is 3. The predicted molar refractivity (Wildman–Crippen MR) is 148 cm³/mol. The third kappa shape index (κ3) is 5.64. The van der Waals surface area contributed by atoms with Crippen LogP contribution in [0, 0.1) is 5.92 Å². The molecule has 5 rings (SSSR count). The second-order valence-corrected chi connectivity index (χ2v) is 9.62. The van der Waals surface area contributed by atoms with Gasteiger partial charge in [0.1, 0.15) is 12.4 Å². The SMILES string of the molecule is COCCOc1ccc2c(c1)N=CC(C(=O)Nc1c(Cl)cc(Cl)c3c1cnn3Cc1ccccc1)CC2. The molecule has 0 bridgehead atoms. The summed E-state index contributed by atoms with van der Waals surface area (Å²) in [5, 5.41) is 9.06. The number of nitrogens with zero attached hydrogens (tertiary/aromatic N) is 3. The summed E-state index contributed by atoms with van der Waals surface area (Å²) in [6.07, 6.45) is 4.71. The van der Waals surface area contributed by atoms with E-state index in [0.29, 0.717) is 59.2 Å². The Hall–Kier alpha value is -3.39. The van der Waals surface area contributed by atoms with Gasteiger partial charge >= 0.3 is 0 Å². The molecule has 0 fully saturated rings. The van der Waals surface area contributed by atoms with Crippen molar-refractivity contribution in [2.45, 2.75) is 19.4 Å². The van der Waals surface area contributed by atoms with Crippen molar-refractivity contribution in [2.75, 3.05) is 25.6 Å². The van der Waals surface area contributed by atoms with Gasteiger partial charge in [-0.2, -0.15) is 5.10 Å². The minimum absolute atomic E-state index is 0.186. The highest BCUT2D eigenvalue weighted by molar-refractivity contribution is 6.41. The van der Waals surface area contributed by atoms with E-state index >= 15 is 0 Å². The molecule has 4 aromatic rings. The summed E-state index contributed by atoms with van der Waals surface area (Å²) in [5.74, 6) is 0.111. The number of amides is 1. The first-order valence-corrected chi connectivity index (χ1v) is 12.8. The Kier molecular flexibility index (Phi) is 7.74. The Bertz CT molecular complexity index is 1450. The van der Waals surface area contributed by atoms with E-state index in [-0.39, 0.29) is 5.91 Å². The summed E-state index contributed by atoms with van der Waals surface area (Å²) in [6.45, 7) is 1.51. The van der Waals surface area contributed by atoms with E-state index in [2.05, 4.69) is 15.4 Å². The number of hydrogen-bond acceptors (Lipinski definition) is 5. The minimum Gasteiger partial charge on any atom is -0.491 e. The molecule has 3 aromatic carbocycles. The molecular weight excluding hydrogens is 511 g/mol. The van der Waals surface area contributed by atoms with E-state index in [0.717, 1.165) is 22.6 Å². The van der Waals surface area contributed by atoms with Crippen LogP contribution in [-0.2, 0) is 22.5 Å². The molecule has 190 valence electrons. The maximum absolute atomic E-state index is 13.3. The molecule has 1 unspecified atom stereocenters. The third-order valence-corrected chi connectivity index (χ3v) is 6.90. The van der Waals surface area contributed by atoms with Gasteiger partial charge in [-0.15, -0.1) is 0 Å². The highest BCUT2D eigenvalue weighted by Crippen LogP contribution is 2.37. The van der Waals surface area contributed by atoms with Crippen molar-refractivity contribution in [3.63, 3.8) is 0 Å². The molecule has 0 saturated carbocycles. The molecule has 1 aromatic heterocycles. The number of methoxy groups -OCH3 is 1. The van der Waals surface area contributed by atoms with Gasteiger partial charge in [-0.25, -0.2) is 0 Å². The smallest absolute Gasteiger partial charge is 0.232 e. The fourth-order valence-electron chi connectivity index (χ4n) is 4.38. The quantitative estimate of drug-likeness (QED) is 0.267. The molecule has 1 N–H and O–H groups in total. The Morgan fingerprint density at radius 2 is 1.95 bits per heavy atom. The van der Waals surface area contributed by atoms with Gasteiger partial charge in [0.05, 0.1) is 52.2 Å². The predicted octanol–water partition coefficient (Wildman–Crippen LogP) is 6.32. The lowest BCUT2D eigenvalue weighted by Gasteiger charge is -2.14. The molecule has 2 heterocycles. The number of anilines is 1. The highest BCUT2D eigenvalue weighted by Gasteiger charge is 2.23. The van der Waals surface area contributed by atoms with Gasteiger partial charge in [0.15, 0.2) is 0 Å². The van der Waals surface area contributed by atoms with Crippen LogP contribution in [0.25, 0.3) is 10.9 Å². The summed E-state index contributed by atoms with van der Waals surface area (Å²) in [6, 6.07) is 17.4. The van der Waals surface area contributed by atoms with E-state index in [1.165, 1.54) is 0 Å². The maximum Gasteiger partial charge on any atom is 0.232 e. The van der Waals surface area contributed by atoms with Crippen LogP contribution in [0.2, 0.25) is 10.0 Å². The second kappa shape index (κ2) is 11.3. The number of aromatic nitrogens is 2. The van der Waals surface area contributed by atoms with Crippen LogP contribution in [0.5, 0.6) is 5.75 Å². The van der Waals surface area contributed by atoms with Crippen LogP contribution in [-0.4, -0.2) is 42.2 Å². The standard InChI is InChI=1S/C28H26Cl2N4O3/c1-36-11-12-37-21-10-9-19-7-8-20(15-31-25(19)13-21)28(35)33-26-22-16-32-34(17-18-5-3-2-4-6-18)27(22)24(30)14-23(26)29/h2-6,9-10,13-16,20H,7-8,11-12,17H2,1H3,(H,33,35). The molecule has 37 heavy (non-hydrogen) atoms. The largest absolute Gasteiger partial charge is 0.491 e. The van der Waals surface area contributed by atoms with Crippen molar-refractivity contribution < 1.29 is 14.3 Å². The number of aliphatic imine (C=N–C) groups is 1. The molecule has 1 aliphatic rings. The topological polar surface area (TPSA) is 77.7 Å². The van der Waals surface area contributed by atoms with Crippen molar-refractivity contribution in [1.82, 2.24) is 9.78 Å². The fourth-order valence-corrected chi connectivity index (χ4v) is 5.00. The second-order valence-electron chi connectivity index (χ2n) is 8.81. The Labute approximate surface area is 225 Å². The Morgan fingerprint density at radius 1 is 1.11 bits per heavy atom. The van der Waals surface area contributed by atoms with E-state index in [1.807, 2.05) is 53.2 Å². The lowest BCUT2D eigenvalue weighted by molar-refractivity contribution is -0.118. The number of halogens is 2. The van der Waals surface area contributed by atoms with E-state index in [1.54, 1.807) is 25.6 Å². The van der Waals surface area contributed by atoms with Crippen molar-refractivity contribution in [2.24, 2.45) is 10.9 Å². The first-order chi connectivity index (χ1) is 18.0. The summed E-state index contributed by atoms with van der Waals surface area (Å²) >= 11 is 13.1. The van der Waals surface area contributed by atoms with Gasteiger partial charge in [0.2, 0.25) is 5.91 Å². The van der Waals surface area contributed by atoms with Crippen LogP contribution in [0.4, 0.5) is 11.4 Å². The lowest BCUT2D eigenvalue weighted by atomic mass is 10.00. The summed E-state index contributed by atoms with van der Waals surface area (Å²) in [5.41, 5.74) is 4.17. The highest BCUT2D eigenvalue weighted by atomic mass is 35.5. The molecule has 7 nitrogen and oxygen atoms in total. The third-order valence-electron chi connectivity index (χ3n) is 6.32. The van der Waals surface area contributed by atoms with Crippen LogP contribution in [0.1, 0.15) is 17.5 Å². The maximum atomic E-state index is 13.3. The van der Waals surface area contributed by atoms with Crippen LogP contribution < -0.4 is 10.1 Å². The monoisotopic (exact) mass is 536 g/mol. The fraction of sp³-hybridized carbons (Fsp3) is 0.250. The van der Waals surface area contributed by atoms with Gasteiger partial charge in [0, 0.05) is 24.8 Å². The van der Waals surface area contributed by atoms with E-state index < -0.39 is 5.92 Å². The van der Waals surface area contributed by atoms with Gasteiger partial charge in [-0.1, -0.05) is 59.6 Å². The van der Waals surface area contributed by atoms with Gasteiger partial charge in [-0.3, -0.25) is 14.5 Å². The first-order valence-electron chi connectivity index (χ1n) is 12.0. The van der Waals surface area contributed by atoms with Gasteiger partial charge < -0.3 is 14.8 Å². The van der Waals surface area contributed by atoms with E-state index in [4.69, 9.17) is 32.7 Å². The average Bonchev–Trinajstić information content (AvgIpc) is 3.19. The van der Waals surface area contributed by atoms with Crippen LogP contribution >= 0.6 is 23.2 Å². The molecule has 9 heteroatoms. The zero-order valence-electron chi connectivity index (χ0n) is 20.3. The zero-order valence-corrected chi connectivity index (χ0v) is 21.8. The van der Waals surface area contributed by atoms with E-state index in [9.17, 15) is 4.79 Å². The Morgan fingerprint density at radius 3 is 2.76 bits per heavy atom. The molecule has 1 atom stereocenters. The molecular formula is C28H26Cl2N4O3. The molecule has 1 aliphatic heterocycles. The van der Waals surface area contributed by atoms with Crippen molar-refractivity contribution in [3.8, 4) is 5.75 Å². The summed E-state index contributed by atoms with van der Waals surface area (Å²) in [7, 11) is 1.63. The molecule has 0 saturated heterocycles. The van der Waals surface area contributed by atoms with Crippen molar-refractivity contribution >= 4 is 57.6 Å². The number of rotatable bonds is 8. The molecule has 0 aliphatic carbocycles. The number of carbonyl (C=O) groups excluding carboxylic acids is 1. The molecule has 1 amide bonds. The number of nitrogens with one attached hydrogen (secondary N) is 1. The Balaban J connectivity index is 1.35. The number of ether oxygens (including phenoxy) is 2.